The van der Waals surface area contributed by atoms with Crippen molar-refractivity contribution in [2.24, 2.45) is 0 Å². The molecule has 2 aromatic rings. The molecule has 102 valence electrons. The van der Waals surface area contributed by atoms with Gasteiger partial charge in [0.15, 0.2) is 0 Å². The van der Waals surface area contributed by atoms with Crippen molar-refractivity contribution in [3.63, 3.8) is 0 Å². The van der Waals surface area contributed by atoms with Crippen molar-refractivity contribution >= 4 is 0 Å². The minimum absolute atomic E-state index is 0.241. The summed E-state index contributed by atoms with van der Waals surface area (Å²) in [7, 11) is 1.48. The topological polar surface area (TPSA) is 45.2 Å². The molecule has 1 aromatic heterocycles. The summed E-state index contributed by atoms with van der Waals surface area (Å²) in [6.45, 7) is 5.82. The van der Waals surface area contributed by atoms with Gasteiger partial charge in [-0.25, -0.2) is 4.39 Å². The number of halogens is 1. The first-order valence-electron chi connectivity index (χ1n) is 6.12. The summed E-state index contributed by atoms with van der Waals surface area (Å²) in [6, 6.07) is 4.46. The van der Waals surface area contributed by atoms with Crippen LogP contribution in [0.15, 0.2) is 18.2 Å². The number of rotatable bonds is 3. The number of methoxy groups -OCH3 is 1. The Morgan fingerprint density at radius 1 is 1.21 bits per heavy atom. The van der Waals surface area contributed by atoms with Gasteiger partial charge in [0.05, 0.1) is 12.8 Å². The number of H-pyrrole nitrogens is 1. The van der Waals surface area contributed by atoms with Crippen LogP contribution in [0.1, 0.15) is 34.2 Å². The maximum Gasteiger partial charge on any atom is 0.133 e. The van der Waals surface area contributed by atoms with E-state index in [9.17, 15) is 9.50 Å². The summed E-state index contributed by atoms with van der Waals surface area (Å²) in [4.78, 5) is 3.12. The molecule has 19 heavy (non-hydrogen) atoms. The van der Waals surface area contributed by atoms with Crippen molar-refractivity contribution < 1.29 is 14.2 Å². The van der Waals surface area contributed by atoms with E-state index in [-0.39, 0.29) is 5.56 Å². The molecule has 1 aromatic carbocycles. The van der Waals surface area contributed by atoms with Gasteiger partial charge in [-0.05, 0) is 44.0 Å². The van der Waals surface area contributed by atoms with Gasteiger partial charge >= 0.3 is 0 Å². The summed E-state index contributed by atoms with van der Waals surface area (Å²) >= 11 is 0. The third-order valence-electron chi connectivity index (χ3n) is 3.63. The molecule has 2 N–H and O–H groups in total. The Hall–Kier alpha value is -1.81. The average Bonchev–Trinajstić information content (AvgIpc) is 2.65. The molecule has 2 rings (SSSR count). The Kier molecular flexibility index (Phi) is 3.62. The quantitative estimate of drug-likeness (QED) is 0.893. The number of aryl methyl sites for hydroxylation is 1. The summed E-state index contributed by atoms with van der Waals surface area (Å²) in [5.74, 6) is -0.0415. The number of hydrogen-bond donors (Lipinski definition) is 2. The van der Waals surface area contributed by atoms with Crippen molar-refractivity contribution in [3.05, 3.63) is 52.1 Å². The monoisotopic (exact) mass is 263 g/mol. The standard InChI is InChI=1S/C15H18FNO2/c1-8-9(2)14(17-10(8)3)15(18)12-6-5-11(19-4)7-13(12)16/h5-7,15,17-18H,1-4H3. The van der Waals surface area contributed by atoms with Crippen LogP contribution in [0, 0.1) is 26.6 Å². The van der Waals surface area contributed by atoms with E-state index >= 15 is 0 Å². The summed E-state index contributed by atoms with van der Waals surface area (Å²) in [5.41, 5.74) is 3.91. The van der Waals surface area contributed by atoms with Crippen LogP contribution in [0.4, 0.5) is 4.39 Å². The van der Waals surface area contributed by atoms with Crippen molar-refractivity contribution in [3.8, 4) is 5.75 Å². The number of benzene rings is 1. The second kappa shape index (κ2) is 5.05. The van der Waals surface area contributed by atoms with Crippen molar-refractivity contribution in [1.29, 1.82) is 0 Å². The van der Waals surface area contributed by atoms with Crippen LogP contribution < -0.4 is 4.74 Å². The SMILES string of the molecule is COc1ccc(C(O)c2[nH]c(C)c(C)c2C)c(F)c1. The molecule has 0 aliphatic heterocycles. The van der Waals surface area contributed by atoms with Gasteiger partial charge in [0.2, 0.25) is 0 Å². The van der Waals surface area contributed by atoms with Gasteiger partial charge in [-0.2, -0.15) is 0 Å². The zero-order valence-corrected chi connectivity index (χ0v) is 11.5. The number of aliphatic hydroxyl groups is 1. The third-order valence-corrected chi connectivity index (χ3v) is 3.63. The van der Waals surface area contributed by atoms with E-state index in [1.807, 2.05) is 20.8 Å². The lowest BCUT2D eigenvalue weighted by atomic mass is 10.0. The zero-order chi connectivity index (χ0) is 14.2. The largest absolute Gasteiger partial charge is 0.497 e. The van der Waals surface area contributed by atoms with Gasteiger partial charge in [0, 0.05) is 17.3 Å². The van der Waals surface area contributed by atoms with Crippen LogP contribution >= 0.6 is 0 Å². The Bertz CT molecular complexity index is 604. The van der Waals surface area contributed by atoms with E-state index in [0.29, 0.717) is 11.4 Å². The van der Waals surface area contributed by atoms with Crippen LogP contribution in [-0.2, 0) is 0 Å². The van der Waals surface area contributed by atoms with Gasteiger partial charge in [-0.3, -0.25) is 0 Å². The first kappa shape index (κ1) is 13.6. The molecular formula is C15H18FNO2. The third kappa shape index (κ3) is 2.36. The maximum absolute atomic E-state index is 14.0. The lowest BCUT2D eigenvalue weighted by molar-refractivity contribution is 0.209. The smallest absolute Gasteiger partial charge is 0.133 e. The molecule has 0 fully saturated rings. The summed E-state index contributed by atoms with van der Waals surface area (Å²) in [5, 5.41) is 10.3. The van der Waals surface area contributed by atoms with Gasteiger partial charge in [0.1, 0.15) is 17.7 Å². The Balaban J connectivity index is 2.44. The highest BCUT2D eigenvalue weighted by molar-refractivity contribution is 5.40. The molecule has 4 heteroatoms. The fourth-order valence-corrected chi connectivity index (χ4v) is 2.16. The van der Waals surface area contributed by atoms with Gasteiger partial charge < -0.3 is 14.8 Å². The van der Waals surface area contributed by atoms with Crippen molar-refractivity contribution in [2.75, 3.05) is 7.11 Å². The molecule has 1 heterocycles. The second-order valence-electron chi connectivity index (χ2n) is 4.70. The number of aromatic amines is 1. The first-order chi connectivity index (χ1) is 8.95. The molecule has 0 spiro atoms. The molecule has 3 nitrogen and oxygen atoms in total. The molecule has 0 saturated heterocycles. The van der Waals surface area contributed by atoms with E-state index in [0.717, 1.165) is 16.8 Å². The van der Waals surface area contributed by atoms with E-state index in [1.165, 1.54) is 13.2 Å². The van der Waals surface area contributed by atoms with Crippen LogP contribution in [0.25, 0.3) is 0 Å². The van der Waals surface area contributed by atoms with Crippen LogP contribution in [0.5, 0.6) is 5.75 Å². The molecule has 0 aliphatic carbocycles. The van der Waals surface area contributed by atoms with Gasteiger partial charge in [-0.15, -0.1) is 0 Å². The van der Waals surface area contributed by atoms with E-state index in [2.05, 4.69) is 4.98 Å². The van der Waals surface area contributed by atoms with Crippen LogP contribution in [0.2, 0.25) is 0 Å². The molecule has 1 unspecified atom stereocenters. The Labute approximate surface area is 112 Å². The Morgan fingerprint density at radius 2 is 1.89 bits per heavy atom. The van der Waals surface area contributed by atoms with Crippen LogP contribution in [0.3, 0.4) is 0 Å². The number of ether oxygens (including phenoxy) is 1. The summed E-state index contributed by atoms with van der Waals surface area (Å²) < 4.78 is 18.9. The minimum atomic E-state index is -1.00. The van der Waals surface area contributed by atoms with Gasteiger partial charge in [-0.1, -0.05) is 0 Å². The van der Waals surface area contributed by atoms with Crippen LogP contribution in [-0.4, -0.2) is 17.2 Å². The van der Waals surface area contributed by atoms with Crippen molar-refractivity contribution in [1.82, 2.24) is 4.98 Å². The predicted molar refractivity (Wildman–Crippen MR) is 72.0 cm³/mol. The normalized spacial score (nSPS) is 12.5. The van der Waals surface area contributed by atoms with Crippen molar-refractivity contribution in [2.45, 2.75) is 26.9 Å². The average molecular weight is 263 g/mol. The van der Waals surface area contributed by atoms with E-state index < -0.39 is 11.9 Å². The second-order valence-corrected chi connectivity index (χ2v) is 4.70. The molecule has 0 radical (unpaired) electrons. The molecular weight excluding hydrogens is 245 g/mol. The summed E-state index contributed by atoms with van der Waals surface area (Å²) in [6.07, 6.45) is -1.00. The molecule has 0 amide bonds. The lowest BCUT2D eigenvalue weighted by Crippen LogP contribution is -2.05. The Morgan fingerprint density at radius 3 is 2.37 bits per heavy atom. The number of aliphatic hydroxyl groups excluding tert-OH is 1. The lowest BCUT2D eigenvalue weighted by Gasteiger charge is -2.13. The highest BCUT2D eigenvalue weighted by Gasteiger charge is 2.20. The molecule has 0 bridgehead atoms. The molecule has 0 saturated carbocycles. The molecule has 0 aliphatic rings. The molecule has 1 atom stereocenters. The number of nitrogens with one attached hydrogen (secondary N) is 1. The minimum Gasteiger partial charge on any atom is -0.497 e. The highest BCUT2D eigenvalue weighted by atomic mass is 19.1. The van der Waals surface area contributed by atoms with E-state index in [4.69, 9.17) is 4.74 Å². The maximum atomic E-state index is 14.0. The highest BCUT2D eigenvalue weighted by Crippen LogP contribution is 2.30. The fraction of sp³-hybridized carbons (Fsp3) is 0.333. The fourth-order valence-electron chi connectivity index (χ4n) is 2.16. The predicted octanol–water partition coefficient (Wildman–Crippen LogP) is 3.17. The first-order valence-corrected chi connectivity index (χ1v) is 6.12. The van der Waals surface area contributed by atoms with E-state index in [1.54, 1.807) is 12.1 Å². The number of aromatic nitrogens is 1. The zero-order valence-electron chi connectivity index (χ0n) is 11.5. The number of hydrogen-bond acceptors (Lipinski definition) is 2. The van der Waals surface area contributed by atoms with Gasteiger partial charge in [0.25, 0.3) is 0 Å².